The molecule has 1 saturated carbocycles. The Morgan fingerprint density at radius 3 is 2.33 bits per heavy atom. The van der Waals surface area contributed by atoms with E-state index in [-0.39, 0.29) is 12.0 Å². The van der Waals surface area contributed by atoms with Crippen LogP contribution in [0.5, 0.6) is 5.75 Å². The summed E-state index contributed by atoms with van der Waals surface area (Å²) in [6.45, 7) is -0.237. The molecule has 2 aromatic rings. The summed E-state index contributed by atoms with van der Waals surface area (Å²) in [5, 5.41) is 13.3. The molecule has 162 valence electrons. The number of rotatable bonds is 7. The van der Waals surface area contributed by atoms with Crippen LogP contribution in [0.4, 0.5) is 22.0 Å². The quantitative estimate of drug-likeness (QED) is 0.645. The molecule has 1 fully saturated rings. The highest BCUT2D eigenvalue weighted by atomic mass is 19.4. The van der Waals surface area contributed by atoms with Crippen molar-refractivity contribution in [1.29, 1.82) is 0 Å². The lowest BCUT2D eigenvalue weighted by Gasteiger charge is -2.26. The van der Waals surface area contributed by atoms with Gasteiger partial charge >= 0.3 is 6.18 Å². The van der Waals surface area contributed by atoms with Gasteiger partial charge in [0.1, 0.15) is 5.82 Å². The van der Waals surface area contributed by atoms with Crippen LogP contribution in [0.3, 0.4) is 0 Å². The molecule has 9 heteroatoms. The average molecular weight is 429 g/mol. The van der Waals surface area contributed by atoms with E-state index in [4.69, 9.17) is 0 Å². The van der Waals surface area contributed by atoms with Gasteiger partial charge in [-0.2, -0.15) is 13.2 Å². The van der Waals surface area contributed by atoms with Gasteiger partial charge in [-0.3, -0.25) is 4.79 Å². The summed E-state index contributed by atoms with van der Waals surface area (Å²) in [6, 6.07) is 8.85. The highest BCUT2D eigenvalue weighted by Crippen LogP contribution is 2.48. The maximum atomic E-state index is 14.7. The topological polar surface area (TPSA) is 58.6 Å². The second-order valence-corrected chi connectivity index (χ2v) is 7.61. The summed E-state index contributed by atoms with van der Waals surface area (Å²) in [5.74, 6) is -2.59. The summed E-state index contributed by atoms with van der Waals surface area (Å²) in [6.07, 6.45) is -4.21. The van der Waals surface area contributed by atoms with E-state index in [1.54, 1.807) is 0 Å². The first kappa shape index (κ1) is 22.0. The lowest BCUT2D eigenvalue weighted by atomic mass is 9.91. The van der Waals surface area contributed by atoms with Crippen LogP contribution in [-0.2, 0) is 15.9 Å². The SMILES string of the molecule is C[C@](O)(CC(=O)NC1(c2cccc(OCC(F)(F)F)c2F)CC1)c1ccc(F)cc1. The van der Waals surface area contributed by atoms with E-state index in [0.29, 0.717) is 18.4 Å². The van der Waals surface area contributed by atoms with Crippen molar-refractivity contribution >= 4 is 5.91 Å². The fourth-order valence-electron chi connectivity index (χ4n) is 3.27. The number of carbonyl (C=O) groups excluding carboxylic acids is 1. The number of carbonyl (C=O) groups is 1. The molecule has 0 spiro atoms. The van der Waals surface area contributed by atoms with E-state index in [0.717, 1.165) is 18.2 Å². The Balaban J connectivity index is 1.72. The van der Waals surface area contributed by atoms with Crippen molar-refractivity contribution < 1.29 is 36.6 Å². The van der Waals surface area contributed by atoms with Crippen LogP contribution in [0.25, 0.3) is 0 Å². The average Bonchev–Trinajstić information content (AvgIpc) is 3.40. The number of aliphatic hydroxyl groups is 1. The summed E-state index contributed by atoms with van der Waals surface area (Å²) >= 11 is 0. The smallest absolute Gasteiger partial charge is 0.422 e. The molecule has 1 aliphatic rings. The molecule has 2 N–H and O–H groups in total. The normalized spacial score (nSPS) is 17.2. The van der Waals surface area contributed by atoms with Crippen LogP contribution in [0, 0.1) is 11.6 Å². The van der Waals surface area contributed by atoms with E-state index < -0.39 is 47.2 Å². The van der Waals surface area contributed by atoms with Crippen molar-refractivity contribution in [3.63, 3.8) is 0 Å². The number of alkyl halides is 3. The maximum Gasteiger partial charge on any atom is 0.422 e. The van der Waals surface area contributed by atoms with Crippen molar-refractivity contribution in [3.05, 3.63) is 65.2 Å². The zero-order chi connectivity index (χ0) is 22.2. The van der Waals surface area contributed by atoms with Crippen molar-refractivity contribution in [2.75, 3.05) is 6.61 Å². The second kappa shape index (κ2) is 7.86. The third-order valence-corrected chi connectivity index (χ3v) is 4.97. The van der Waals surface area contributed by atoms with Crippen molar-refractivity contribution in [2.24, 2.45) is 0 Å². The molecule has 3 rings (SSSR count). The summed E-state index contributed by atoms with van der Waals surface area (Å²) < 4.78 is 69.4. The Morgan fingerprint density at radius 1 is 1.13 bits per heavy atom. The van der Waals surface area contributed by atoms with E-state index in [1.165, 1.54) is 31.2 Å². The molecule has 0 unspecified atom stereocenters. The van der Waals surface area contributed by atoms with Crippen LogP contribution >= 0.6 is 0 Å². The molecule has 0 saturated heterocycles. The molecule has 4 nitrogen and oxygen atoms in total. The molecule has 30 heavy (non-hydrogen) atoms. The van der Waals surface area contributed by atoms with E-state index >= 15 is 0 Å². The van der Waals surface area contributed by atoms with Crippen LogP contribution in [0.15, 0.2) is 42.5 Å². The molecule has 1 aliphatic carbocycles. The fraction of sp³-hybridized carbons (Fsp3) is 0.381. The molecular weight excluding hydrogens is 409 g/mol. The second-order valence-electron chi connectivity index (χ2n) is 7.61. The molecule has 2 aromatic carbocycles. The van der Waals surface area contributed by atoms with Crippen LogP contribution in [-0.4, -0.2) is 23.8 Å². The number of halogens is 5. The van der Waals surface area contributed by atoms with Crippen LogP contribution < -0.4 is 10.1 Å². The number of amides is 1. The van der Waals surface area contributed by atoms with Gasteiger partial charge in [0.25, 0.3) is 0 Å². The van der Waals surface area contributed by atoms with Gasteiger partial charge in [0.15, 0.2) is 18.2 Å². The van der Waals surface area contributed by atoms with Crippen molar-refractivity contribution in [3.8, 4) is 5.75 Å². The van der Waals surface area contributed by atoms with E-state index in [9.17, 15) is 31.9 Å². The van der Waals surface area contributed by atoms with Crippen LogP contribution in [0.2, 0.25) is 0 Å². The minimum Gasteiger partial charge on any atom is -0.481 e. The Kier molecular flexibility index (Phi) is 5.77. The Hall–Kier alpha value is -2.68. The minimum absolute atomic E-state index is 0.0250. The standard InChI is InChI=1S/C21H20F5NO3/c1-19(29,13-5-7-14(22)8-6-13)11-17(28)27-20(9-10-20)15-3-2-4-16(18(15)23)30-12-21(24,25)26/h2-8,29H,9-12H2,1H3,(H,27,28)/t19-/m0/s1. The zero-order valence-corrected chi connectivity index (χ0v) is 16.0. The van der Waals surface area contributed by atoms with Gasteiger partial charge in [-0.15, -0.1) is 0 Å². The Bertz CT molecular complexity index is 921. The molecule has 0 heterocycles. The third kappa shape index (κ3) is 5.08. The summed E-state index contributed by atoms with van der Waals surface area (Å²) in [7, 11) is 0. The van der Waals surface area contributed by atoms with Gasteiger partial charge in [-0.05, 0) is 43.5 Å². The summed E-state index contributed by atoms with van der Waals surface area (Å²) in [5.41, 5.74) is -2.31. The number of benzene rings is 2. The molecule has 0 aromatic heterocycles. The largest absolute Gasteiger partial charge is 0.481 e. The van der Waals surface area contributed by atoms with Gasteiger partial charge < -0.3 is 15.2 Å². The van der Waals surface area contributed by atoms with Crippen LogP contribution in [0.1, 0.15) is 37.3 Å². The number of ether oxygens (including phenoxy) is 1. The van der Waals surface area contributed by atoms with Gasteiger partial charge in [0, 0.05) is 5.56 Å². The number of nitrogens with one attached hydrogen (secondary N) is 1. The summed E-state index contributed by atoms with van der Waals surface area (Å²) in [4.78, 5) is 12.5. The van der Waals surface area contributed by atoms with Gasteiger partial charge in [-0.1, -0.05) is 24.3 Å². The number of hydrogen-bond donors (Lipinski definition) is 2. The highest BCUT2D eigenvalue weighted by molar-refractivity contribution is 5.79. The van der Waals surface area contributed by atoms with Gasteiger partial charge in [-0.25, -0.2) is 8.78 Å². The molecule has 0 aliphatic heterocycles. The highest BCUT2D eigenvalue weighted by Gasteiger charge is 2.48. The van der Waals surface area contributed by atoms with E-state index in [2.05, 4.69) is 10.1 Å². The Morgan fingerprint density at radius 2 is 1.77 bits per heavy atom. The Labute approximate surface area is 169 Å². The minimum atomic E-state index is -4.61. The predicted molar refractivity (Wildman–Crippen MR) is 97.6 cm³/mol. The third-order valence-electron chi connectivity index (χ3n) is 4.97. The maximum absolute atomic E-state index is 14.7. The first-order chi connectivity index (χ1) is 13.9. The zero-order valence-electron chi connectivity index (χ0n) is 16.0. The van der Waals surface area contributed by atoms with Gasteiger partial charge in [0.05, 0.1) is 17.6 Å². The molecule has 1 atom stereocenters. The fourth-order valence-corrected chi connectivity index (χ4v) is 3.27. The monoisotopic (exact) mass is 429 g/mol. The molecule has 0 bridgehead atoms. The van der Waals surface area contributed by atoms with Crippen molar-refractivity contribution in [2.45, 2.75) is 43.5 Å². The van der Waals surface area contributed by atoms with Gasteiger partial charge in [0.2, 0.25) is 5.91 Å². The van der Waals surface area contributed by atoms with E-state index in [1.807, 2.05) is 0 Å². The predicted octanol–water partition coefficient (Wildman–Crippen LogP) is 4.31. The molecular formula is C21H20F5NO3. The first-order valence-corrected chi connectivity index (χ1v) is 9.20. The molecule has 0 radical (unpaired) electrons. The lowest BCUT2D eigenvalue weighted by molar-refractivity contribution is -0.153. The number of hydrogen-bond acceptors (Lipinski definition) is 3. The first-order valence-electron chi connectivity index (χ1n) is 9.20. The van der Waals surface area contributed by atoms with Crippen molar-refractivity contribution in [1.82, 2.24) is 5.32 Å². The molecule has 1 amide bonds. The lowest BCUT2D eigenvalue weighted by Crippen LogP contribution is -2.39.